The van der Waals surface area contributed by atoms with Crippen LogP contribution in [0.2, 0.25) is 0 Å². The third kappa shape index (κ3) is 2.99. The molecule has 0 amide bonds. The summed E-state index contributed by atoms with van der Waals surface area (Å²) in [5.41, 5.74) is 1.54. The minimum absolute atomic E-state index is 0.567. The first kappa shape index (κ1) is 11.5. The van der Waals surface area contributed by atoms with Gasteiger partial charge in [-0.1, -0.05) is 0 Å². The smallest absolute Gasteiger partial charge is 0.135 e. The number of hydrogen-bond donors (Lipinski definition) is 2. The topological polar surface area (TPSA) is 73.6 Å². The molecule has 0 radical (unpaired) electrons. The molecule has 2 aromatic rings. The van der Waals surface area contributed by atoms with Crippen molar-refractivity contribution in [1.29, 1.82) is 5.26 Å². The molecule has 2 N–H and O–H groups in total. The molecule has 0 aliphatic heterocycles. The van der Waals surface area contributed by atoms with Crippen molar-refractivity contribution >= 4 is 17.3 Å². The monoisotopic (exact) mass is 251 g/mol. The number of rotatable bonds is 4. The number of aromatic nitrogens is 2. The van der Waals surface area contributed by atoms with Gasteiger partial charge in [0.25, 0.3) is 0 Å². The summed E-state index contributed by atoms with van der Waals surface area (Å²) >= 11 is 0. The van der Waals surface area contributed by atoms with Crippen molar-refractivity contribution in [3.63, 3.8) is 0 Å². The first-order chi connectivity index (χ1) is 9.33. The first-order valence-corrected chi connectivity index (χ1v) is 6.19. The molecule has 1 aliphatic carbocycles. The van der Waals surface area contributed by atoms with Gasteiger partial charge in [0.1, 0.15) is 18.0 Å². The Kier molecular flexibility index (Phi) is 2.99. The quantitative estimate of drug-likeness (QED) is 0.873. The normalized spacial score (nSPS) is 13.6. The molecule has 3 rings (SSSR count). The molecule has 0 spiro atoms. The van der Waals surface area contributed by atoms with Crippen molar-refractivity contribution in [3.8, 4) is 6.07 Å². The Morgan fingerprint density at radius 2 is 1.84 bits per heavy atom. The maximum absolute atomic E-state index is 8.75. The van der Waals surface area contributed by atoms with Crippen molar-refractivity contribution in [1.82, 2.24) is 9.97 Å². The van der Waals surface area contributed by atoms with Crippen LogP contribution in [0, 0.1) is 11.3 Å². The van der Waals surface area contributed by atoms with E-state index in [4.69, 9.17) is 5.26 Å². The number of nitriles is 1. The van der Waals surface area contributed by atoms with Crippen LogP contribution in [-0.4, -0.2) is 16.0 Å². The van der Waals surface area contributed by atoms with E-state index in [1.807, 2.05) is 18.2 Å². The van der Waals surface area contributed by atoms with E-state index >= 15 is 0 Å². The fourth-order valence-corrected chi connectivity index (χ4v) is 1.72. The zero-order chi connectivity index (χ0) is 13.1. The Morgan fingerprint density at radius 3 is 2.53 bits per heavy atom. The molecule has 5 heteroatoms. The van der Waals surface area contributed by atoms with Crippen LogP contribution in [0.15, 0.2) is 36.7 Å². The minimum atomic E-state index is 0.567. The lowest BCUT2D eigenvalue weighted by atomic mass is 10.2. The zero-order valence-corrected chi connectivity index (χ0v) is 10.3. The standard InChI is InChI=1S/C14H13N5/c15-8-10-1-3-11(4-2-10)18-13-7-14(17-9-16-13)19-12-5-6-12/h1-4,7,9,12H,5-6H2,(H2,16,17,18,19). The Morgan fingerprint density at radius 1 is 1.11 bits per heavy atom. The predicted molar refractivity (Wildman–Crippen MR) is 73.1 cm³/mol. The maximum Gasteiger partial charge on any atom is 0.135 e. The lowest BCUT2D eigenvalue weighted by Crippen LogP contribution is -2.04. The fraction of sp³-hybridized carbons (Fsp3) is 0.214. The third-order valence-corrected chi connectivity index (χ3v) is 2.88. The summed E-state index contributed by atoms with van der Waals surface area (Å²) in [5.74, 6) is 1.58. The minimum Gasteiger partial charge on any atom is -0.367 e. The van der Waals surface area contributed by atoms with Crippen LogP contribution in [0.4, 0.5) is 17.3 Å². The second-order valence-electron chi connectivity index (χ2n) is 4.52. The Hall–Kier alpha value is -2.61. The highest BCUT2D eigenvalue weighted by molar-refractivity contribution is 5.59. The van der Waals surface area contributed by atoms with E-state index in [9.17, 15) is 0 Å². The van der Waals surface area contributed by atoms with E-state index in [2.05, 4.69) is 26.7 Å². The molecular weight excluding hydrogens is 238 g/mol. The summed E-state index contributed by atoms with van der Waals surface area (Å²) in [4.78, 5) is 8.36. The number of nitrogens with one attached hydrogen (secondary N) is 2. The summed E-state index contributed by atoms with van der Waals surface area (Å²) in [6, 6.07) is 11.8. The van der Waals surface area contributed by atoms with Gasteiger partial charge in [0, 0.05) is 17.8 Å². The second-order valence-corrected chi connectivity index (χ2v) is 4.52. The highest BCUT2D eigenvalue weighted by Gasteiger charge is 2.21. The van der Waals surface area contributed by atoms with Gasteiger partial charge in [0.05, 0.1) is 11.6 Å². The van der Waals surface area contributed by atoms with Crippen molar-refractivity contribution < 1.29 is 0 Å². The van der Waals surface area contributed by atoms with Gasteiger partial charge in [-0.2, -0.15) is 5.26 Å². The molecule has 0 unspecified atom stereocenters. The van der Waals surface area contributed by atoms with Gasteiger partial charge in [-0.15, -0.1) is 0 Å². The van der Waals surface area contributed by atoms with Gasteiger partial charge < -0.3 is 10.6 Å². The second kappa shape index (κ2) is 4.94. The summed E-state index contributed by atoms with van der Waals surface area (Å²) in [5, 5.41) is 15.3. The summed E-state index contributed by atoms with van der Waals surface area (Å²) in [6.07, 6.45) is 3.96. The van der Waals surface area contributed by atoms with Crippen LogP contribution in [-0.2, 0) is 0 Å². The van der Waals surface area contributed by atoms with Gasteiger partial charge in [-0.05, 0) is 37.1 Å². The van der Waals surface area contributed by atoms with Crippen LogP contribution >= 0.6 is 0 Å². The van der Waals surface area contributed by atoms with Crippen LogP contribution in [0.25, 0.3) is 0 Å². The maximum atomic E-state index is 8.75. The molecule has 1 heterocycles. The average molecular weight is 251 g/mol. The summed E-state index contributed by atoms with van der Waals surface area (Å²) in [6.45, 7) is 0. The molecule has 1 saturated carbocycles. The number of benzene rings is 1. The SMILES string of the molecule is N#Cc1ccc(Nc2cc(NC3CC3)ncn2)cc1. The van der Waals surface area contributed by atoms with Gasteiger partial charge >= 0.3 is 0 Å². The molecule has 0 saturated heterocycles. The van der Waals surface area contributed by atoms with Gasteiger partial charge in [-0.25, -0.2) is 9.97 Å². The third-order valence-electron chi connectivity index (χ3n) is 2.88. The number of anilines is 3. The van der Waals surface area contributed by atoms with Crippen LogP contribution in [0.1, 0.15) is 18.4 Å². The summed E-state index contributed by atoms with van der Waals surface area (Å²) in [7, 11) is 0. The lowest BCUT2D eigenvalue weighted by Gasteiger charge is -2.07. The Balaban J connectivity index is 1.72. The Labute approximate surface area is 111 Å². The summed E-state index contributed by atoms with van der Waals surface area (Å²) < 4.78 is 0. The van der Waals surface area contributed by atoms with Crippen LogP contribution < -0.4 is 10.6 Å². The van der Waals surface area contributed by atoms with Crippen molar-refractivity contribution in [2.75, 3.05) is 10.6 Å². The van der Waals surface area contributed by atoms with E-state index in [0.717, 1.165) is 17.3 Å². The lowest BCUT2D eigenvalue weighted by molar-refractivity contribution is 1.08. The van der Waals surface area contributed by atoms with E-state index in [1.54, 1.807) is 12.1 Å². The molecule has 1 aromatic heterocycles. The molecule has 94 valence electrons. The van der Waals surface area contributed by atoms with Gasteiger partial charge in [0.2, 0.25) is 0 Å². The Bertz CT molecular complexity index is 610. The largest absolute Gasteiger partial charge is 0.367 e. The molecular formula is C14H13N5. The van der Waals surface area contributed by atoms with Crippen LogP contribution in [0.3, 0.4) is 0 Å². The molecule has 1 fully saturated rings. The first-order valence-electron chi connectivity index (χ1n) is 6.19. The van der Waals surface area contributed by atoms with Gasteiger partial charge in [-0.3, -0.25) is 0 Å². The van der Waals surface area contributed by atoms with Crippen molar-refractivity contribution in [3.05, 3.63) is 42.2 Å². The molecule has 1 aromatic carbocycles. The highest BCUT2D eigenvalue weighted by Crippen LogP contribution is 2.24. The molecule has 0 bridgehead atoms. The molecule has 19 heavy (non-hydrogen) atoms. The fourth-order valence-electron chi connectivity index (χ4n) is 1.72. The van der Waals surface area contributed by atoms with Crippen molar-refractivity contribution in [2.24, 2.45) is 0 Å². The van der Waals surface area contributed by atoms with Crippen LogP contribution in [0.5, 0.6) is 0 Å². The van der Waals surface area contributed by atoms with E-state index in [0.29, 0.717) is 11.6 Å². The van der Waals surface area contributed by atoms with E-state index in [1.165, 1.54) is 19.2 Å². The van der Waals surface area contributed by atoms with E-state index in [-0.39, 0.29) is 0 Å². The average Bonchev–Trinajstić information content (AvgIpc) is 3.24. The number of hydrogen-bond acceptors (Lipinski definition) is 5. The molecule has 1 aliphatic rings. The van der Waals surface area contributed by atoms with Crippen molar-refractivity contribution in [2.45, 2.75) is 18.9 Å². The molecule has 5 nitrogen and oxygen atoms in total. The predicted octanol–water partition coefficient (Wildman–Crippen LogP) is 2.67. The molecule has 0 atom stereocenters. The van der Waals surface area contributed by atoms with E-state index < -0.39 is 0 Å². The zero-order valence-electron chi connectivity index (χ0n) is 10.3. The highest BCUT2D eigenvalue weighted by atomic mass is 15.1. The van der Waals surface area contributed by atoms with Gasteiger partial charge in [0.15, 0.2) is 0 Å². The number of nitrogens with zero attached hydrogens (tertiary/aromatic N) is 3.